The van der Waals surface area contributed by atoms with Crippen LogP contribution in [0.15, 0.2) is 0 Å². The predicted octanol–water partition coefficient (Wildman–Crippen LogP) is 6.17. The fraction of sp³-hybridized carbons (Fsp3) is 1.00. The van der Waals surface area contributed by atoms with E-state index < -0.39 is 0 Å². The van der Waals surface area contributed by atoms with Crippen LogP contribution in [-0.2, 0) is 0 Å². The first-order chi connectivity index (χ1) is 11.7. The molecule has 0 aliphatic heterocycles. The summed E-state index contributed by atoms with van der Waals surface area (Å²) in [7, 11) is 4.46. The van der Waals surface area contributed by atoms with Crippen molar-refractivity contribution in [2.45, 2.75) is 115 Å². The zero-order chi connectivity index (χ0) is 17.7. The van der Waals surface area contributed by atoms with Gasteiger partial charge >= 0.3 is 0 Å². The van der Waals surface area contributed by atoms with Gasteiger partial charge in [0.05, 0.1) is 0 Å². The number of hydrogen-bond donors (Lipinski definition) is 1. The number of hydrogen-bond acceptors (Lipinski definition) is 2. The summed E-state index contributed by atoms with van der Waals surface area (Å²) in [6.45, 7) is 2.63. The van der Waals surface area contributed by atoms with Crippen molar-refractivity contribution in [3.8, 4) is 0 Å². The van der Waals surface area contributed by atoms with E-state index in [9.17, 15) is 5.11 Å². The van der Waals surface area contributed by atoms with Crippen LogP contribution in [0.4, 0.5) is 0 Å². The lowest BCUT2D eigenvalue weighted by Gasteiger charge is -2.49. The first-order valence-corrected chi connectivity index (χ1v) is 11.0. The average Bonchev–Trinajstić information content (AvgIpc) is 2.58. The highest BCUT2D eigenvalue weighted by Gasteiger charge is 2.41. The monoisotopic (exact) mass is 339 g/mol. The minimum Gasteiger partial charge on any atom is -0.396 e. The quantitative estimate of drug-likeness (QED) is 0.382. The molecule has 2 unspecified atom stereocenters. The van der Waals surface area contributed by atoms with Gasteiger partial charge in [-0.15, -0.1) is 0 Å². The van der Waals surface area contributed by atoms with Crippen molar-refractivity contribution in [2.24, 2.45) is 5.92 Å². The van der Waals surface area contributed by atoms with Gasteiger partial charge < -0.3 is 10.0 Å². The van der Waals surface area contributed by atoms with Crippen LogP contribution < -0.4 is 0 Å². The Labute approximate surface area is 152 Å². The highest BCUT2D eigenvalue weighted by molar-refractivity contribution is 4.96. The third kappa shape index (κ3) is 7.44. The molecule has 1 fully saturated rings. The summed E-state index contributed by atoms with van der Waals surface area (Å²) in [6.07, 6.45) is 21.9. The Bertz CT molecular complexity index is 288. The van der Waals surface area contributed by atoms with Crippen LogP contribution in [0.2, 0.25) is 0 Å². The summed E-state index contributed by atoms with van der Waals surface area (Å²) in [5.74, 6) is 0.794. The van der Waals surface area contributed by atoms with Crippen molar-refractivity contribution >= 4 is 0 Å². The van der Waals surface area contributed by atoms with E-state index in [1.54, 1.807) is 0 Å². The van der Waals surface area contributed by atoms with E-state index in [4.69, 9.17) is 0 Å². The van der Waals surface area contributed by atoms with Crippen LogP contribution >= 0.6 is 0 Å². The SMILES string of the molecule is CCCCCCCCCCCCC1CCCCC1(CCO)N(C)C. The largest absolute Gasteiger partial charge is 0.396 e. The average molecular weight is 340 g/mol. The zero-order valence-corrected chi connectivity index (χ0v) is 17.0. The second kappa shape index (κ2) is 13.2. The van der Waals surface area contributed by atoms with Crippen molar-refractivity contribution in [3.05, 3.63) is 0 Å². The van der Waals surface area contributed by atoms with Crippen LogP contribution in [0.1, 0.15) is 110 Å². The lowest BCUT2D eigenvalue weighted by Crippen LogP contribution is -2.52. The molecule has 1 N–H and O–H groups in total. The van der Waals surface area contributed by atoms with Gasteiger partial charge in [-0.05, 0) is 45.7 Å². The maximum Gasteiger partial charge on any atom is 0.0448 e. The molecule has 2 atom stereocenters. The minimum absolute atomic E-state index is 0.270. The molecule has 0 aromatic heterocycles. The molecule has 0 saturated heterocycles. The van der Waals surface area contributed by atoms with E-state index >= 15 is 0 Å². The smallest absolute Gasteiger partial charge is 0.0448 e. The molecule has 144 valence electrons. The van der Waals surface area contributed by atoms with Crippen molar-refractivity contribution in [3.63, 3.8) is 0 Å². The summed E-state index contributed by atoms with van der Waals surface area (Å²) in [4.78, 5) is 2.43. The second-order valence-corrected chi connectivity index (χ2v) is 8.38. The number of unbranched alkanes of at least 4 members (excludes halogenated alkanes) is 9. The first-order valence-electron chi connectivity index (χ1n) is 11.0. The Balaban J connectivity index is 2.17. The Hall–Kier alpha value is -0.0800. The van der Waals surface area contributed by atoms with E-state index in [1.165, 1.54) is 96.3 Å². The lowest BCUT2D eigenvalue weighted by atomic mass is 9.68. The Kier molecular flexibility index (Phi) is 12.0. The maximum atomic E-state index is 9.57. The molecule has 0 radical (unpaired) electrons. The van der Waals surface area contributed by atoms with Crippen molar-refractivity contribution < 1.29 is 5.11 Å². The van der Waals surface area contributed by atoms with Crippen molar-refractivity contribution in [1.29, 1.82) is 0 Å². The Morgan fingerprint density at radius 2 is 1.46 bits per heavy atom. The van der Waals surface area contributed by atoms with E-state index in [2.05, 4.69) is 25.9 Å². The van der Waals surface area contributed by atoms with E-state index in [0.29, 0.717) is 6.61 Å². The molecule has 2 nitrogen and oxygen atoms in total. The first kappa shape index (κ1) is 22.0. The molecule has 24 heavy (non-hydrogen) atoms. The maximum absolute atomic E-state index is 9.57. The molecule has 1 aliphatic carbocycles. The number of nitrogens with zero attached hydrogens (tertiary/aromatic N) is 1. The molecule has 2 heteroatoms. The van der Waals surface area contributed by atoms with Gasteiger partial charge in [-0.3, -0.25) is 0 Å². The van der Waals surface area contributed by atoms with Gasteiger partial charge in [-0.25, -0.2) is 0 Å². The van der Waals surface area contributed by atoms with Crippen molar-refractivity contribution in [2.75, 3.05) is 20.7 Å². The van der Waals surface area contributed by atoms with Crippen LogP contribution in [0.5, 0.6) is 0 Å². The number of aliphatic hydroxyl groups excluding tert-OH is 1. The highest BCUT2D eigenvalue weighted by atomic mass is 16.3. The molecule has 0 aromatic carbocycles. The van der Waals surface area contributed by atoms with Gasteiger partial charge in [0, 0.05) is 12.1 Å². The topological polar surface area (TPSA) is 23.5 Å². The molecule has 0 heterocycles. The van der Waals surface area contributed by atoms with Crippen molar-refractivity contribution in [1.82, 2.24) is 4.90 Å². The molecular weight excluding hydrogens is 294 g/mol. The number of rotatable bonds is 14. The van der Waals surface area contributed by atoms with Gasteiger partial charge in [0.1, 0.15) is 0 Å². The summed E-state index contributed by atoms with van der Waals surface area (Å²) >= 11 is 0. The fourth-order valence-corrected chi connectivity index (χ4v) is 4.92. The highest BCUT2D eigenvalue weighted by Crippen LogP contribution is 2.42. The van der Waals surface area contributed by atoms with E-state index in [-0.39, 0.29) is 5.54 Å². The van der Waals surface area contributed by atoms with Crippen LogP contribution in [0.25, 0.3) is 0 Å². The molecule has 0 spiro atoms. The van der Waals surface area contributed by atoms with Gasteiger partial charge in [0.2, 0.25) is 0 Å². The predicted molar refractivity (Wildman–Crippen MR) is 107 cm³/mol. The second-order valence-electron chi connectivity index (χ2n) is 8.38. The summed E-state index contributed by atoms with van der Waals surface area (Å²) in [5, 5.41) is 9.57. The van der Waals surface area contributed by atoms with E-state index in [1.807, 2.05) is 0 Å². The van der Waals surface area contributed by atoms with Crippen LogP contribution in [0, 0.1) is 5.92 Å². The summed E-state index contributed by atoms with van der Waals surface area (Å²) < 4.78 is 0. The molecule has 1 aliphatic rings. The minimum atomic E-state index is 0.270. The van der Waals surface area contributed by atoms with E-state index in [0.717, 1.165) is 12.3 Å². The zero-order valence-electron chi connectivity index (χ0n) is 17.0. The Morgan fingerprint density at radius 1 is 0.875 bits per heavy atom. The standard InChI is InChI=1S/C22H45NO/c1-4-5-6-7-8-9-10-11-12-13-16-21-17-14-15-18-22(21,19-20-24)23(2)3/h21,24H,4-20H2,1-3H3. The molecule has 1 saturated carbocycles. The third-order valence-electron chi connectivity index (χ3n) is 6.51. The van der Waals surface area contributed by atoms with Gasteiger partial charge in [0.15, 0.2) is 0 Å². The lowest BCUT2D eigenvalue weighted by molar-refractivity contribution is 0.00949. The normalized spacial score (nSPS) is 24.6. The van der Waals surface area contributed by atoms with Gasteiger partial charge in [-0.2, -0.15) is 0 Å². The fourth-order valence-electron chi connectivity index (χ4n) is 4.92. The molecular formula is C22H45NO. The van der Waals surface area contributed by atoms with Crippen LogP contribution in [0.3, 0.4) is 0 Å². The van der Waals surface area contributed by atoms with Crippen LogP contribution in [-0.4, -0.2) is 36.2 Å². The Morgan fingerprint density at radius 3 is 2.00 bits per heavy atom. The summed E-state index contributed by atoms with van der Waals surface area (Å²) in [5.41, 5.74) is 0.270. The summed E-state index contributed by atoms with van der Waals surface area (Å²) in [6, 6.07) is 0. The molecule has 0 aromatic rings. The molecule has 0 bridgehead atoms. The molecule has 0 amide bonds. The third-order valence-corrected chi connectivity index (χ3v) is 6.51. The molecule has 1 rings (SSSR count). The number of aliphatic hydroxyl groups is 1. The van der Waals surface area contributed by atoms with Gasteiger partial charge in [0.25, 0.3) is 0 Å². The van der Waals surface area contributed by atoms with Gasteiger partial charge in [-0.1, -0.05) is 84.0 Å².